The summed E-state index contributed by atoms with van der Waals surface area (Å²) in [4.78, 5) is 35.1. The van der Waals surface area contributed by atoms with Crippen LogP contribution in [0.2, 0.25) is 0 Å². The third-order valence-electron chi connectivity index (χ3n) is 3.70. The van der Waals surface area contributed by atoms with Gasteiger partial charge in [-0.3, -0.25) is 9.59 Å². The molecular weight excluding hydrogens is 216 g/mol. The zero-order chi connectivity index (χ0) is 13.1. The summed E-state index contributed by atoms with van der Waals surface area (Å²) >= 11 is 0. The number of ketones is 3. The molecule has 1 aliphatic carbocycles. The van der Waals surface area contributed by atoms with Gasteiger partial charge in [-0.1, -0.05) is 13.8 Å². The van der Waals surface area contributed by atoms with Crippen LogP contribution in [0, 0.1) is 11.3 Å². The first-order valence-electron chi connectivity index (χ1n) is 6.44. The van der Waals surface area contributed by atoms with Crippen molar-refractivity contribution in [3.05, 3.63) is 0 Å². The fraction of sp³-hybridized carbons (Fsp3) is 0.786. The molecule has 1 saturated carbocycles. The summed E-state index contributed by atoms with van der Waals surface area (Å²) in [5, 5.41) is 0. The highest BCUT2D eigenvalue weighted by Crippen LogP contribution is 2.41. The lowest BCUT2D eigenvalue weighted by molar-refractivity contribution is -0.136. The molecule has 3 heteroatoms. The minimum Gasteiger partial charge on any atom is -0.300 e. The van der Waals surface area contributed by atoms with Gasteiger partial charge in [-0.15, -0.1) is 0 Å². The molecule has 1 fully saturated rings. The highest BCUT2D eigenvalue weighted by Gasteiger charge is 2.48. The standard InChI is InChI=1S/C14H22O3/c1-10(2)6-8-14(9-7-11(3)15)12(16)4-5-13(14)17/h10H,4-9H2,1-3H3. The van der Waals surface area contributed by atoms with E-state index >= 15 is 0 Å². The third kappa shape index (κ3) is 3.24. The molecule has 0 atom stereocenters. The molecule has 0 heterocycles. The van der Waals surface area contributed by atoms with Gasteiger partial charge in [0, 0.05) is 19.3 Å². The minimum atomic E-state index is -0.823. The summed E-state index contributed by atoms with van der Waals surface area (Å²) in [6, 6.07) is 0. The Kier molecular flexibility index (Phi) is 4.61. The van der Waals surface area contributed by atoms with Crippen molar-refractivity contribution in [1.82, 2.24) is 0 Å². The maximum atomic E-state index is 12.0. The van der Waals surface area contributed by atoms with Crippen molar-refractivity contribution in [2.45, 2.75) is 59.3 Å². The molecule has 3 nitrogen and oxygen atoms in total. The topological polar surface area (TPSA) is 51.2 Å². The number of hydrogen-bond acceptors (Lipinski definition) is 3. The molecule has 0 saturated heterocycles. The monoisotopic (exact) mass is 238 g/mol. The zero-order valence-corrected chi connectivity index (χ0v) is 11.0. The van der Waals surface area contributed by atoms with Crippen LogP contribution in [0.3, 0.4) is 0 Å². The van der Waals surface area contributed by atoms with E-state index in [0.29, 0.717) is 38.0 Å². The van der Waals surface area contributed by atoms with Gasteiger partial charge in [-0.05, 0) is 32.1 Å². The van der Waals surface area contributed by atoms with Crippen LogP contribution in [-0.4, -0.2) is 17.3 Å². The smallest absolute Gasteiger partial charge is 0.146 e. The van der Waals surface area contributed by atoms with E-state index in [1.54, 1.807) is 0 Å². The molecule has 17 heavy (non-hydrogen) atoms. The van der Waals surface area contributed by atoms with Gasteiger partial charge in [0.05, 0.1) is 5.41 Å². The lowest BCUT2D eigenvalue weighted by atomic mass is 9.74. The second kappa shape index (κ2) is 5.56. The Bertz CT molecular complexity index is 312. The summed E-state index contributed by atoms with van der Waals surface area (Å²) < 4.78 is 0. The molecule has 96 valence electrons. The van der Waals surface area contributed by atoms with Crippen LogP contribution in [0.15, 0.2) is 0 Å². The van der Waals surface area contributed by atoms with Gasteiger partial charge in [0.25, 0.3) is 0 Å². The van der Waals surface area contributed by atoms with E-state index in [-0.39, 0.29) is 17.3 Å². The van der Waals surface area contributed by atoms with E-state index < -0.39 is 5.41 Å². The van der Waals surface area contributed by atoms with E-state index in [1.165, 1.54) is 6.92 Å². The van der Waals surface area contributed by atoms with E-state index in [9.17, 15) is 14.4 Å². The second-order valence-electron chi connectivity index (χ2n) is 5.56. The number of rotatable bonds is 6. The SMILES string of the molecule is CC(=O)CCC1(CCC(C)C)C(=O)CCC1=O. The fourth-order valence-electron chi connectivity index (χ4n) is 2.47. The molecule has 0 aromatic heterocycles. The lowest BCUT2D eigenvalue weighted by Crippen LogP contribution is -2.33. The molecule has 0 N–H and O–H groups in total. The first kappa shape index (κ1) is 14.1. The number of hydrogen-bond donors (Lipinski definition) is 0. The Morgan fingerprint density at radius 2 is 1.71 bits per heavy atom. The van der Waals surface area contributed by atoms with Gasteiger partial charge in [0.1, 0.15) is 17.3 Å². The zero-order valence-electron chi connectivity index (χ0n) is 11.0. The van der Waals surface area contributed by atoms with E-state index in [2.05, 4.69) is 13.8 Å². The average molecular weight is 238 g/mol. The Labute approximate surface area is 103 Å². The molecule has 0 aliphatic heterocycles. The predicted molar refractivity (Wildman–Crippen MR) is 65.7 cm³/mol. The van der Waals surface area contributed by atoms with Crippen molar-refractivity contribution in [3.8, 4) is 0 Å². The van der Waals surface area contributed by atoms with Crippen molar-refractivity contribution < 1.29 is 14.4 Å². The van der Waals surface area contributed by atoms with Crippen LogP contribution in [0.5, 0.6) is 0 Å². The summed E-state index contributed by atoms with van der Waals surface area (Å²) in [5.41, 5.74) is -0.823. The maximum Gasteiger partial charge on any atom is 0.146 e. The molecule has 0 spiro atoms. The Hall–Kier alpha value is -0.990. The van der Waals surface area contributed by atoms with Crippen molar-refractivity contribution in [1.29, 1.82) is 0 Å². The van der Waals surface area contributed by atoms with Crippen molar-refractivity contribution in [2.24, 2.45) is 11.3 Å². The molecule has 1 rings (SSSR count). The Balaban J connectivity index is 2.79. The molecule has 0 unspecified atom stereocenters. The third-order valence-corrected chi connectivity index (χ3v) is 3.70. The molecule has 0 radical (unpaired) electrons. The molecule has 0 bridgehead atoms. The van der Waals surface area contributed by atoms with Gasteiger partial charge >= 0.3 is 0 Å². The van der Waals surface area contributed by atoms with Crippen LogP contribution in [-0.2, 0) is 14.4 Å². The van der Waals surface area contributed by atoms with Crippen LogP contribution in [0.25, 0.3) is 0 Å². The van der Waals surface area contributed by atoms with Crippen LogP contribution < -0.4 is 0 Å². The van der Waals surface area contributed by atoms with Gasteiger partial charge < -0.3 is 4.79 Å². The van der Waals surface area contributed by atoms with E-state index in [0.717, 1.165) is 6.42 Å². The van der Waals surface area contributed by atoms with Gasteiger partial charge in [-0.25, -0.2) is 0 Å². The molecule has 0 aromatic rings. The largest absolute Gasteiger partial charge is 0.300 e. The van der Waals surface area contributed by atoms with E-state index in [1.807, 2.05) is 0 Å². The van der Waals surface area contributed by atoms with Crippen LogP contribution in [0.4, 0.5) is 0 Å². The fourth-order valence-corrected chi connectivity index (χ4v) is 2.47. The minimum absolute atomic E-state index is 0.0569. The van der Waals surface area contributed by atoms with Gasteiger partial charge in [0.15, 0.2) is 0 Å². The maximum absolute atomic E-state index is 12.0. The Morgan fingerprint density at radius 3 is 2.12 bits per heavy atom. The predicted octanol–water partition coefficient (Wildman–Crippen LogP) is 2.71. The number of carbonyl (C=O) groups is 3. The highest BCUT2D eigenvalue weighted by atomic mass is 16.2. The quantitative estimate of drug-likeness (QED) is 0.668. The summed E-state index contributed by atoms with van der Waals surface area (Å²) in [7, 11) is 0. The Morgan fingerprint density at radius 1 is 1.18 bits per heavy atom. The van der Waals surface area contributed by atoms with E-state index in [4.69, 9.17) is 0 Å². The second-order valence-corrected chi connectivity index (χ2v) is 5.56. The summed E-state index contributed by atoms with van der Waals surface area (Å²) in [6.45, 7) is 5.69. The van der Waals surface area contributed by atoms with Crippen molar-refractivity contribution >= 4 is 17.3 Å². The molecule has 1 aliphatic rings. The van der Waals surface area contributed by atoms with Crippen LogP contribution >= 0.6 is 0 Å². The van der Waals surface area contributed by atoms with Crippen molar-refractivity contribution in [2.75, 3.05) is 0 Å². The first-order chi connectivity index (χ1) is 7.88. The lowest BCUT2D eigenvalue weighted by Gasteiger charge is -2.26. The van der Waals surface area contributed by atoms with Gasteiger partial charge in [0.2, 0.25) is 0 Å². The average Bonchev–Trinajstić information content (AvgIpc) is 2.51. The molecular formula is C14H22O3. The summed E-state index contributed by atoms with van der Waals surface area (Å²) in [5.74, 6) is 0.653. The normalized spacial score (nSPS) is 19.1. The molecule has 0 aromatic carbocycles. The van der Waals surface area contributed by atoms with Crippen molar-refractivity contribution in [3.63, 3.8) is 0 Å². The highest BCUT2D eigenvalue weighted by molar-refractivity contribution is 6.13. The first-order valence-corrected chi connectivity index (χ1v) is 6.44. The number of Topliss-reactive ketones (excluding diaryl/α,β-unsaturated/α-hetero) is 3. The van der Waals surface area contributed by atoms with Gasteiger partial charge in [-0.2, -0.15) is 0 Å². The summed E-state index contributed by atoms with van der Waals surface area (Å²) in [6.07, 6.45) is 3.00. The molecule has 0 amide bonds. The van der Waals surface area contributed by atoms with Crippen LogP contribution in [0.1, 0.15) is 59.3 Å². The number of carbonyl (C=O) groups excluding carboxylic acids is 3.